The van der Waals surface area contributed by atoms with Gasteiger partial charge in [0.05, 0.1) is 19.4 Å². The molecule has 0 amide bonds. The van der Waals surface area contributed by atoms with Gasteiger partial charge in [0.15, 0.2) is 0 Å². The Balaban J connectivity index is 0.000000167. The lowest BCUT2D eigenvalue weighted by Gasteiger charge is -2.14. The lowest BCUT2D eigenvalue weighted by Crippen LogP contribution is -2.15. The first-order chi connectivity index (χ1) is 11.1. The fourth-order valence-electron chi connectivity index (χ4n) is 2.28. The molecule has 1 aliphatic heterocycles. The Hall–Kier alpha value is -2.66. The molecule has 0 aliphatic carbocycles. The number of carboxylic acids is 1. The Morgan fingerprint density at radius 3 is 2.26 bits per heavy atom. The van der Waals surface area contributed by atoms with Crippen LogP contribution in [-0.2, 0) is 40.4 Å². The van der Waals surface area contributed by atoms with Gasteiger partial charge in [-0.05, 0) is 22.3 Å². The quantitative estimate of drug-likeness (QED) is 0.848. The highest BCUT2D eigenvalue weighted by atomic mass is 16.5. The molecule has 0 saturated carbocycles. The second-order valence-electron chi connectivity index (χ2n) is 5.10. The number of carbonyl (C=O) groups is 2. The highest BCUT2D eigenvalue weighted by Crippen LogP contribution is 2.16. The number of benzene rings is 2. The van der Waals surface area contributed by atoms with Crippen LogP contribution in [-0.4, -0.2) is 22.2 Å². The molecule has 0 bridgehead atoms. The number of carboxylic acid groups (broad SMARTS) is 1. The Morgan fingerprint density at radius 2 is 1.61 bits per heavy atom. The molecule has 3 rings (SSSR count). The van der Waals surface area contributed by atoms with Crippen LogP contribution in [0.25, 0.3) is 0 Å². The highest BCUT2D eigenvalue weighted by molar-refractivity contribution is 5.74. The lowest BCUT2D eigenvalue weighted by molar-refractivity contribution is -0.145. The van der Waals surface area contributed by atoms with E-state index in [0.29, 0.717) is 24.2 Å². The van der Waals surface area contributed by atoms with Crippen LogP contribution in [0.15, 0.2) is 48.5 Å². The number of carbonyl (C=O) groups excluding carboxylic acids is 1. The van der Waals surface area contributed by atoms with Crippen molar-refractivity contribution in [1.82, 2.24) is 0 Å². The second-order valence-corrected chi connectivity index (χ2v) is 5.10. The van der Waals surface area contributed by atoms with E-state index < -0.39 is 5.97 Å². The van der Waals surface area contributed by atoms with Crippen molar-refractivity contribution in [2.45, 2.75) is 26.1 Å². The zero-order valence-corrected chi connectivity index (χ0v) is 12.6. The molecule has 2 aromatic carbocycles. The smallest absolute Gasteiger partial charge is 0.310 e. The Bertz CT molecular complexity index is 693. The van der Waals surface area contributed by atoms with Gasteiger partial charge in [-0.25, -0.2) is 0 Å². The largest absolute Gasteiger partial charge is 0.481 e. The summed E-state index contributed by atoms with van der Waals surface area (Å²) in [5.74, 6) is -1.00. The first-order valence-corrected chi connectivity index (χ1v) is 7.22. The van der Waals surface area contributed by atoms with Gasteiger partial charge in [0.1, 0.15) is 6.61 Å². The Labute approximate surface area is 134 Å². The van der Waals surface area contributed by atoms with Crippen molar-refractivity contribution in [2.24, 2.45) is 0 Å². The number of cyclic esters (lactones) is 1. The molecule has 0 fully saturated rings. The van der Waals surface area contributed by atoms with E-state index >= 15 is 0 Å². The summed E-state index contributed by atoms with van der Waals surface area (Å²) in [7, 11) is 0. The molecule has 0 aromatic heterocycles. The van der Waals surface area contributed by atoms with Gasteiger partial charge in [-0.2, -0.15) is 0 Å². The van der Waals surface area contributed by atoms with E-state index in [1.807, 2.05) is 24.3 Å². The van der Waals surface area contributed by atoms with Crippen LogP contribution in [0, 0.1) is 0 Å². The normalized spacial score (nSPS) is 12.5. The molecule has 5 nitrogen and oxygen atoms in total. The van der Waals surface area contributed by atoms with Gasteiger partial charge in [-0.15, -0.1) is 0 Å². The number of ether oxygens (including phenoxy) is 1. The molecule has 120 valence electrons. The lowest BCUT2D eigenvalue weighted by atomic mass is 10.0. The zero-order valence-electron chi connectivity index (χ0n) is 12.6. The van der Waals surface area contributed by atoms with Crippen LogP contribution in [0.1, 0.15) is 22.3 Å². The van der Waals surface area contributed by atoms with Crippen LogP contribution in [0.3, 0.4) is 0 Å². The molecule has 0 unspecified atom stereocenters. The maximum absolute atomic E-state index is 10.8. The van der Waals surface area contributed by atoms with E-state index in [4.69, 9.17) is 14.9 Å². The number of aliphatic hydroxyl groups excluding tert-OH is 1. The number of fused-ring (bicyclic) bond motifs is 1. The molecule has 0 spiro atoms. The maximum Gasteiger partial charge on any atom is 0.310 e. The summed E-state index contributed by atoms with van der Waals surface area (Å²) >= 11 is 0. The average molecular weight is 314 g/mol. The third kappa shape index (κ3) is 4.93. The van der Waals surface area contributed by atoms with Crippen molar-refractivity contribution in [2.75, 3.05) is 0 Å². The number of hydrogen-bond acceptors (Lipinski definition) is 4. The Morgan fingerprint density at radius 1 is 1.00 bits per heavy atom. The standard InChI is InChI=1S/C9H10O3.C9H8O2/c10-6-8-4-2-1-3-7(8)5-9(11)12;10-9-5-7-3-1-2-4-8(7)6-11-9/h1-4,10H,5-6H2,(H,11,12);1-4H,5-6H2. The molecular weight excluding hydrogens is 296 g/mol. The van der Waals surface area contributed by atoms with E-state index in [1.54, 1.807) is 24.3 Å². The molecule has 2 N–H and O–H groups in total. The minimum atomic E-state index is -0.879. The first kappa shape index (κ1) is 16.7. The maximum atomic E-state index is 10.8. The predicted molar refractivity (Wildman–Crippen MR) is 83.6 cm³/mol. The summed E-state index contributed by atoms with van der Waals surface area (Å²) in [5.41, 5.74) is 3.59. The van der Waals surface area contributed by atoms with E-state index in [9.17, 15) is 9.59 Å². The average Bonchev–Trinajstić information content (AvgIpc) is 2.55. The first-order valence-electron chi connectivity index (χ1n) is 7.22. The minimum absolute atomic E-state index is 0.0310. The number of hydrogen-bond donors (Lipinski definition) is 2. The third-order valence-electron chi connectivity index (χ3n) is 3.47. The van der Waals surface area contributed by atoms with Gasteiger partial charge in [0, 0.05) is 0 Å². The zero-order chi connectivity index (χ0) is 16.7. The van der Waals surface area contributed by atoms with Gasteiger partial charge in [-0.1, -0.05) is 48.5 Å². The fourth-order valence-corrected chi connectivity index (χ4v) is 2.28. The van der Waals surface area contributed by atoms with Crippen molar-refractivity contribution in [3.05, 3.63) is 70.8 Å². The third-order valence-corrected chi connectivity index (χ3v) is 3.47. The van der Waals surface area contributed by atoms with Gasteiger partial charge in [0.25, 0.3) is 0 Å². The van der Waals surface area contributed by atoms with Crippen molar-refractivity contribution in [1.29, 1.82) is 0 Å². The SMILES string of the molecule is O=C(O)Cc1ccccc1CO.O=C1Cc2ccccc2CO1. The second kappa shape index (κ2) is 8.10. The summed E-state index contributed by atoms with van der Waals surface area (Å²) in [4.78, 5) is 21.2. The van der Waals surface area contributed by atoms with Crippen molar-refractivity contribution in [3.63, 3.8) is 0 Å². The van der Waals surface area contributed by atoms with Crippen LogP contribution < -0.4 is 0 Å². The minimum Gasteiger partial charge on any atom is -0.481 e. The van der Waals surface area contributed by atoms with E-state index in [0.717, 1.165) is 11.1 Å². The van der Waals surface area contributed by atoms with Crippen molar-refractivity contribution < 1.29 is 24.5 Å². The molecule has 1 aliphatic rings. The fraction of sp³-hybridized carbons (Fsp3) is 0.222. The number of rotatable bonds is 3. The highest BCUT2D eigenvalue weighted by Gasteiger charge is 2.14. The number of aliphatic hydroxyl groups is 1. The molecule has 0 radical (unpaired) electrons. The van der Waals surface area contributed by atoms with E-state index in [2.05, 4.69) is 0 Å². The van der Waals surface area contributed by atoms with Crippen LogP contribution in [0.4, 0.5) is 0 Å². The van der Waals surface area contributed by atoms with Gasteiger partial charge in [0.2, 0.25) is 0 Å². The molecule has 0 saturated heterocycles. The summed E-state index contributed by atoms with van der Waals surface area (Å²) in [6, 6.07) is 14.8. The van der Waals surface area contributed by atoms with Gasteiger partial charge in [-0.3, -0.25) is 9.59 Å². The van der Waals surface area contributed by atoms with Crippen LogP contribution in [0.2, 0.25) is 0 Å². The van der Waals surface area contributed by atoms with Gasteiger partial charge >= 0.3 is 11.9 Å². The van der Waals surface area contributed by atoms with Crippen LogP contribution in [0.5, 0.6) is 0 Å². The van der Waals surface area contributed by atoms with E-state index in [-0.39, 0.29) is 19.0 Å². The van der Waals surface area contributed by atoms with Crippen LogP contribution >= 0.6 is 0 Å². The van der Waals surface area contributed by atoms with Gasteiger partial charge < -0.3 is 14.9 Å². The number of aliphatic carboxylic acids is 1. The number of esters is 1. The molecular formula is C18H18O5. The molecule has 5 heteroatoms. The van der Waals surface area contributed by atoms with E-state index in [1.165, 1.54) is 0 Å². The summed E-state index contributed by atoms with van der Waals surface area (Å²) < 4.78 is 4.87. The molecule has 2 aromatic rings. The molecule has 23 heavy (non-hydrogen) atoms. The molecule has 0 atom stereocenters. The topological polar surface area (TPSA) is 83.8 Å². The summed E-state index contributed by atoms with van der Waals surface area (Å²) in [6.45, 7) is 0.332. The van der Waals surface area contributed by atoms with Crippen molar-refractivity contribution in [3.8, 4) is 0 Å². The molecule has 1 heterocycles. The predicted octanol–water partition coefficient (Wildman–Crippen LogP) is 2.09. The van der Waals surface area contributed by atoms with Crippen molar-refractivity contribution >= 4 is 11.9 Å². The monoisotopic (exact) mass is 314 g/mol. The summed E-state index contributed by atoms with van der Waals surface area (Å²) in [5, 5.41) is 17.3. The summed E-state index contributed by atoms with van der Waals surface area (Å²) in [6.07, 6.45) is 0.396. The Kier molecular flexibility index (Phi) is 5.88.